The van der Waals surface area contributed by atoms with E-state index in [9.17, 15) is 9.59 Å². The van der Waals surface area contributed by atoms with E-state index in [1.165, 1.54) is 18.3 Å². The summed E-state index contributed by atoms with van der Waals surface area (Å²) < 4.78 is 0.878. The number of hydrogen-bond donors (Lipinski definition) is 3. The van der Waals surface area contributed by atoms with Crippen molar-refractivity contribution in [1.82, 2.24) is 4.98 Å². The molecule has 0 aliphatic heterocycles. The van der Waals surface area contributed by atoms with Gasteiger partial charge in [0.15, 0.2) is 5.13 Å². The number of benzene rings is 2. The van der Waals surface area contributed by atoms with Crippen molar-refractivity contribution in [2.24, 2.45) is 5.73 Å². The molecule has 0 fully saturated rings. The van der Waals surface area contributed by atoms with Gasteiger partial charge in [0.05, 0.1) is 10.2 Å². The molecule has 2 amide bonds. The van der Waals surface area contributed by atoms with Gasteiger partial charge in [0, 0.05) is 24.7 Å². The molecule has 122 valence electrons. The molecule has 7 heteroatoms. The molecule has 0 saturated carbocycles. The van der Waals surface area contributed by atoms with Gasteiger partial charge in [-0.2, -0.15) is 0 Å². The Morgan fingerprint density at radius 2 is 1.96 bits per heavy atom. The van der Waals surface area contributed by atoms with Crippen LogP contribution in [0.15, 0.2) is 42.5 Å². The fourth-order valence-electron chi connectivity index (χ4n) is 2.34. The smallest absolute Gasteiger partial charge is 0.257 e. The predicted molar refractivity (Wildman–Crippen MR) is 96.2 cm³/mol. The van der Waals surface area contributed by atoms with Crippen molar-refractivity contribution < 1.29 is 9.59 Å². The van der Waals surface area contributed by atoms with Gasteiger partial charge in [-0.1, -0.05) is 29.5 Å². The monoisotopic (exact) mass is 340 g/mol. The second-order valence-electron chi connectivity index (χ2n) is 5.20. The number of nitrogens with one attached hydrogen (secondary N) is 2. The molecule has 4 N–H and O–H groups in total. The number of carbonyl (C=O) groups excluding carboxylic acids is 2. The zero-order chi connectivity index (χ0) is 17.1. The summed E-state index contributed by atoms with van der Waals surface area (Å²) in [7, 11) is 0. The summed E-state index contributed by atoms with van der Waals surface area (Å²) in [6.45, 7) is 1.75. The highest BCUT2D eigenvalue weighted by Crippen LogP contribution is 2.28. The lowest BCUT2D eigenvalue weighted by molar-refractivity contribution is -0.114. The van der Waals surface area contributed by atoms with Crippen LogP contribution >= 0.6 is 11.3 Å². The molecule has 0 spiro atoms. The molecule has 0 saturated heterocycles. The third-order valence-corrected chi connectivity index (χ3v) is 4.34. The molecule has 3 rings (SSSR count). The van der Waals surface area contributed by atoms with Crippen LogP contribution in [-0.4, -0.2) is 16.8 Å². The third-order valence-electron chi connectivity index (χ3n) is 3.41. The van der Waals surface area contributed by atoms with E-state index in [2.05, 4.69) is 15.6 Å². The van der Waals surface area contributed by atoms with E-state index in [0.29, 0.717) is 22.9 Å². The fraction of sp³-hybridized carbons (Fsp3) is 0.118. The highest BCUT2D eigenvalue weighted by Gasteiger charge is 2.13. The van der Waals surface area contributed by atoms with Crippen LogP contribution in [0.3, 0.4) is 0 Å². The number of thiazole rings is 1. The van der Waals surface area contributed by atoms with E-state index in [1.807, 2.05) is 18.2 Å². The van der Waals surface area contributed by atoms with Gasteiger partial charge < -0.3 is 11.1 Å². The van der Waals surface area contributed by atoms with Gasteiger partial charge in [-0.05, 0) is 29.8 Å². The van der Waals surface area contributed by atoms with E-state index < -0.39 is 0 Å². The Morgan fingerprint density at radius 1 is 1.17 bits per heavy atom. The van der Waals surface area contributed by atoms with E-state index in [4.69, 9.17) is 5.73 Å². The number of carbonyl (C=O) groups is 2. The highest BCUT2D eigenvalue weighted by molar-refractivity contribution is 7.22. The maximum absolute atomic E-state index is 12.4. The molecule has 1 aromatic heterocycles. The van der Waals surface area contributed by atoms with Gasteiger partial charge in [-0.25, -0.2) is 4.98 Å². The van der Waals surface area contributed by atoms with Crippen molar-refractivity contribution >= 4 is 44.2 Å². The third kappa shape index (κ3) is 3.42. The van der Waals surface area contributed by atoms with Gasteiger partial charge in [0.2, 0.25) is 5.91 Å². The number of anilines is 2. The van der Waals surface area contributed by atoms with Gasteiger partial charge in [0.1, 0.15) is 0 Å². The number of rotatable bonds is 4. The number of fused-ring (bicyclic) bond motifs is 1. The maximum Gasteiger partial charge on any atom is 0.257 e. The summed E-state index contributed by atoms with van der Waals surface area (Å²) in [6.07, 6.45) is 0. The molecule has 0 aliphatic rings. The molecule has 0 aliphatic carbocycles. The Morgan fingerprint density at radius 3 is 2.71 bits per heavy atom. The number of aromatic nitrogens is 1. The lowest BCUT2D eigenvalue weighted by Gasteiger charge is -2.06. The molecule has 0 bridgehead atoms. The molecule has 6 nitrogen and oxygen atoms in total. The number of nitrogens with two attached hydrogens (primary N) is 1. The van der Waals surface area contributed by atoms with Crippen molar-refractivity contribution in [1.29, 1.82) is 0 Å². The van der Waals surface area contributed by atoms with E-state index in [0.717, 1.165) is 15.8 Å². The van der Waals surface area contributed by atoms with Gasteiger partial charge in [-0.15, -0.1) is 0 Å². The van der Waals surface area contributed by atoms with Gasteiger partial charge >= 0.3 is 0 Å². The van der Waals surface area contributed by atoms with Crippen molar-refractivity contribution in [3.8, 4) is 0 Å². The van der Waals surface area contributed by atoms with Crippen LogP contribution in [0, 0.1) is 0 Å². The van der Waals surface area contributed by atoms with Crippen LogP contribution in [-0.2, 0) is 11.3 Å². The molecule has 0 unspecified atom stereocenters. The Labute approximate surface area is 142 Å². The first kappa shape index (κ1) is 16.1. The van der Waals surface area contributed by atoms with Crippen molar-refractivity contribution in [2.75, 3.05) is 10.6 Å². The quantitative estimate of drug-likeness (QED) is 0.680. The predicted octanol–water partition coefficient (Wildman–Crippen LogP) is 2.97. The first-order chi connectivity index (χ1) is 11.6. The lowest BCUT2D eigenvalue weighted by atomic mass is 10.1. The van der Waals surface area contributed by atoms with Crippen molar-refractivity contribution in [2.45, 2.75) is 13.5 Å². The standard InChI is InChI=1S/C17H16N4O2S/c1-10(22)19-12-6-7-14-15(8-12)24-17(20-14)21-16(23)13-5-3-2-4-11(13)9-18/h2-8H,9,18H2,1H3,(H,19,22)(H,20,21,23). The number of hydrogen-bond acceptors (Lipinski definition) is 5. The highest BCUT2D eigenvalue weighted by atomic mass is 32.1. The van der Waals surface area contributed by atoms with E-state index in [1.54, 1.807) is 24.3 Å². The zero-order valence-electron chi connectivity index (χ0n) is 13.0. The molecular weight excluding hydrogens is 324 g/mol. The summed E-state index contributed by atoms with van der Waals surface area (Å²) in [5.74, 6) is -0.372. The number of amides is 2. The molecule has 3 aromatic rings. The molecule has 0 radical (unpaired) electrons. The number of nitrogens with zero attached hydrogens (tertiary/aromatic N) is 1. The zero-order valence-corrected chi connectivity index (χ0v) is 13.8. The van der Waals surface area contributed by atoms with Gasteiger partial charge in [-0.3, -0.25) is 14.9 Å². The van der Waals surface area contributed by atoms with E-state index >= 15 is 0 Å². The van der Waals surface area contributed by atoms with Crippen LogP contribution in [0.5, 0.6) is 0 Å². The topological polar surface area (TPSA) is 97.1 Å². The minimum Gasteiger partial charge on any atom is -0.326 e. The Hall–Kier alpha value is -2.77. The molecule has 1 heterocycles. The Balaban J connectivity index is 1.84. The van der Waals surface area contributed by atoms with Gasteiger partial charge in [0.25, 0.3) is 5.91 Å². The second-order valence-corrected chi connectivity index (χ2v) is 6.23. The maximum atomic E-state index is 12.4. The van der Waals surface area contributed by atoms with Crippen LogP contribution in [0.4, 0.5) is 10.8 Å². The van der Waals surface area contributed by atoms with Crippen LogP contribution in [0.2, 0.25) is 0 Å². The first-order valence-corrected chi connectivity index (χ1v) is 8.16. The molecular formula is C17H16N4O2S. The minimum absolute atomic E-state index is 0.134. The van der Waals surface area contributed by atoms with E-state index in [-0.39, 0.29) is 11.8 Å². The summed E-state index contributed by atoms with van der Waals surface area (Å²) >= 11 is 1.35. The average molecular weight is 340 g/mol. The van der Waals surface area contributed by atoms with Crippen LogP contribution in [0.1, 0.15) is 22.8 Å². The molecule has 24 heavy (non-hydrogen) atoms. The average Bonchev–Trinajstić information content (AvgIpc) is 2.95. The lowest BCUT2D eigenvalue weighted by Crippen LogP contribution is -2.15. The summed E-state index contributed by atoms with van der Waals surface area (Å²) in [5.41, 5.74) is 8.45. The minimum atomic E-state index is -0.239. The fourth-order valence-corrected chi connectivity index (χ4v) is 3.24. The first-order valence-electron chi connectivity index (χ1n) is 7.34. The van der Waals surface area contributed by atoms with Crippen LogP contribution < -0.4 is 16.4 Å². The Kier molecular flexibility index (Phi) is 4.54. The summed E-state index contributed by atoms with van der Waals surface area (Å²) in [5, 5.41) is 6.04. The normalized spacial score (nSPS) is 10.6. The Bertz CT molecular complexity index is 920. The summed E-state index contributed by atoms with van der Waals surface area (Å²) in [4.78, 5) is 27.9. The van der Waals surface area contributed by atoms with Crippen LogP contribution in [0.25, 0.3) is 10.2 Å². The SMILES string of the molecule is CC(=O)Nc1ccc2nc(NC(=O)c3ccccc3CN)sc2c1. The molecule has 0 atom stereocenters. The van der Waals surface area contributed by atoms with Crippen molar-refractivity contribution in [3.05, 3.63) is 53.6 Å². The largest absolute Gasteiger partial charge is 0.326 e. The summed E-state index contributed by atoms with van der Waals surface area (Å²) in [6, 6.07) is 12.6. The van der Waals surface area contributed by atoms with Crippen molar-refractivity contribution in [3.63, 3.8) is 0 Å². The second kappa shape index (κ2) is 6.77. The molecule has 2 aromatic carbocycles.